The number of ether oxygens (including phenoxy) is 2. The van der Waals surface area contributed by atoms with Gasteiger partial charge in [0.1, 0.15) is 17.3 Å². The number of amides is 1. The predicted molar refractivity (Wildman–Crippen MR) is 124 cm³/mol. The SMILES string of the molecule is COc1ccc2sc(N(CCN3CCOCC3)C(=O)CS(=O)(=O)c3ccc(F)cc3)nc2c1. The van der Waals surface area contributed by atoms with Crippen molar-refractivity contribution in [2.45, 2.75) is 4.90 Å². The van der Waals surface area contributed by atoms with Crippen LogP contribution in [0, 0.1) is 5.82 Å². The number of sulfone groups is 1. The maximum atomic E-state index is 13.2. The predicted octanol–water partition coefficient (Wildman–Crippen LogP) is 2.58. The van der Waals surface area contributed by atoms with Gasteiger partial charge < -0.3 is 9.47 Å². The van der Waals surface area contributed by atoms with Gasteiger partial charge in [-0.2, -0.15) is 0 Å². The number of methoxy groups -OCH3 is 1. The van der Waals surface area contributed by atoms with E-state index in [4.69, 9.17) is 9.47 Å². The fourth-order valence-corrected chi connectivity index (χ4v) is 5.68. The standard InChI is InChI=1S/C22H24FN3O5S2/c1-30-17-4-7-20-19(14-17)24-22(32-20)26(9-8-25-10-12-31-13-11-25)21(27)15-33(28,29)18-5-2-16(23)3-6-18/h2-7,14H,8-13,15H2,1H3. The van der Waals surface area contributed by atoms with E-state index in [9.17, 15) is 17.6 Å². The van der Waals surface area contributed by atoms with Gasteiger partial charge in [0, 0.05) is 32.2 Å². The lowest BCUT2D eigenvalue weighted by Crippen LogP contribution is -2.44. The minimum absolute atomic E-state index is 0.0978. The molecular formula is C22H24FN3O5S2. The Morgan fingerprint density at radius 2 is 1.94 bits per heavy atom. The highest BCUT2D eigenvalue weighted by atomic mass is 32.2. The summed E-state index contributed by atoms with van der Waals surface area (Å²) >= 11 is 1.31. The lowest BCUT2D eigenvalue weighted by Gasteiger charge is -2.29. The minimum atomic E-state index is -3.95. The van der Waals surface area contributed by atoms with Crippen molar-refractivity contribution < 1.29 is 27.1 Å². The number of fused-ring (bicyclic) bond motifs is 1. The average molecular weight is 494 g/mol. The van der Waals surface area contributed by atoms with Gasteiger partial charge >= 0.3 is 0 Å². The molecule has 0 aliphatic carbocycles. The minimum Gasteiger partial charge on any atom is -0.497 e. The first kappa shape index (κ1) is 23.6. The summed E-state index contributed by atoms with van der Waals surface area (Å²) in [5.74, 6) is -1.22. The van der Waals surface area contributed by atoms with Crippen LogP contribution in [-0.4, -0.2) is 76.5 Å². The average Bonchev–Trinajstić information content (AvgIpc) is 3.22. The van der Waals surface area contributed by atoms with Crippen molar-refractivity contribution in [2.75, 3.05) is 57.2 Å². The summed E-state index contributed by atoms with van der Waals surface area (Å²) in [5, 5.41) is 0.422. The molecule has 3 aromatic rings. The van der Waals surface area contributed by atoms with E-state index in [1.807, 2.05) is 12.1 Å². The van der Waals surface area contributed by atoms with Crippen molar-refractivity contribution in [3.63, 3.8) is 0 Å². The van der Waals surface area contributed by atoms with E-state index in [1.54, 1.807) is 13.2 Å². The van der Waals surface area contributed by atoms with Crippen LogP contribution >= 0.6 is 11.3 Å². The summed E-state index contributed by atoms with van der Waals surface area (Å²) in [6, 6.07) is 9.90. The van der Waals surface area contributed by atoms with Crippen LogP contribution in [0.25, 0.3) is 10.2 Å². The molecule has 1 aliphatic heterocycles. The zero-order valence-electron chi connectivity index (χ0n) is 18.1. The molecule has 176 valence electrons. The van der Waals surface area contributed by atoms with Crippen molar-refractivity contribution in [3.05, 3.63) is 48.3 Å². The number of carbonyl (C=O) groups is 1. The number of aromatic nitrogens is 1. The third-order valence-corrected chi connectivity index (χ3v) is 8.02. The van der Waals surface area contributed by atoms with Crippen molar-refractivity contribution in [1.29, 1.82) is 0 Å². The molecule has 0 spiro atoms. The van der Waals surface area contributed by atoms with E-state index in [1.165, 1.54) is 28.4 Å². The molecule has 2 heterocycles. The topological polar surface area (TPSA) is 89.0 Å². The number of benzene rings is 2. The normalized spacial score (nSPS) is 15.0. The first-order valence-electron chi connectivity index (χ1n) is 10.4. The van der Waals surface area contributed by atoms with Gasteiger partial charge in [0.2, 0.25) is 5.91 Å². The van der Waals surface area contributed by atoms with Crippen LogP contribution in [0.3, 0.4) is 0 Å². The first-order valence-corrected chi connectivity index (χ1v) is 12.9. The van der Waals surface area contributed by atoms with Crippen LogP contribution in [-0.2, 0) is 19.4 Å². The monoisotopic (exact) mass is 493 g/mol. The van der Waals surface area contributed by atoms with Crippen LogP contribution in [0.15, 0.2) is 47.4 Å². The molecule has 1 fully saturated rings. The molecule has 2 aromatic carbocycles. The molecule has 4 rings (SSSR count). The van der Waals surface area contributed by atoms with Crippen LogP contribution in [0.5, 0.6) is 5.75 Å². The third-order valence-electron chi connectivity index (χ3n) is 5.35. The van der Waals surface area contributed by atoms with Crippen molar-refractivity contribution in [2.24, 2.45) is 0 Å². The highest BCUT2D eigenvalue weighted by molar-refractivity contribution is 7.92. The van der Waals surface area contributed by atoms with E-state index in [-0.39, 0.29) is 11.4 Å². The Hall–Kier alpha value is -2.60. The molecule has 1 saturated heterocycles. The maximum absolute atomic E-state index is 13.2. The summed E-state index contributed by atoms with van der Waals surface area (Å²) in [6.45, 7) is 3.57. The van der Waals surface area contributed by atoms with Gasteiger partial charge in [0.05, 0.1) is 35.4 Å². The Labute approximate surface area is 195 Å². The lowest BCUT2D eigenvalue weighted by molar-refractivity contribution is -0.116. The Bertz CT molecular complexity index is 1220. The largest absolute Gasteiger partial charge is 0.497 e. The summed E-state index contributed by atoms with van der Waals surface area (Å²) in [5.41, 5.74) is 0.667. The molecule has 0 atom stereocenters. The van der Waals surface area contributed by atoms with Crippen molar-refractivity contribution in [3.8, 4) is 5.75 Å². The molecule has 11 heteroatoms. The third kappa shape index (κ3) is 5.67. The van der Waals surface area contributed by atoms with Gasteiger partial charge in [-0.15, -0.1) is 0 Å². The van der Waals surface area contributed by atoms with E-state index < -0.39 is 27.3 Å². The van der Waals surface area contributed by atoms with Crippen molar-refractivity contribution in [1.82, 2.24) is 9.88 Å². The zero-order valence-corrected chi connectivity index (χ0v) is 19.7. The Morgan fingerprint density at radius 3 is 2.64 bits per heavy atom. The second-order valence-corrected chi connectivity index (χ2v) is 10.5. The van der Waals surface area contributed by atoms with Crippen molar-refractivity contribution >= 4 is 42.4 Å². The highest BCUT2D eigenvalue weighted by Crippen LogP contribution is 2.31. The fraction of sp³-hybridized carbons (Fsp3) is 0.364. The number of thiazole rings is 1. The Morgan fingerprint density at radius 1 is 1.21 bits per heavy atom. The van der Waals surface area contributed by atoms with Crippen LogP contribution in [0.2, 0.25) is 0 Å². The maximum Gasteiger partial charge on any atom is 0.244 e. The fourth-order valence-electron chi connectivity index (χ4n) is 3.50. The highest BCUT2D eigenvalue weighted by Gasteiger charge is 2.27. The molecule has 0 saturated carbocycles. The lowest BCUT2D eigenvalue weighted by atomic mass is 10.3. The molecule has 1 aliphatic rings. The van der Waals surface area contributed by atoms with Gasteiger partial charge in [-0.1, -0.05) is 11.3 Å². The number of nitrogens with zero attached hydrogens (tertiary/aromatic N) is 3. The number of carbonyl (C=O) groups excluding carboxylic acids is 1. The zero-order chi connectivity index (χ0) is 23.4. The molecular weight excluding hydrogens is 469 g/mol. The summed E-state index contributed by atoms with van der Waals surface area (Å²) in [7, 11) is -2.39. The molecule has 0 bridgehead atoms. The van der Waals surface area contributed by atoms with E-state index in [2.05, 4.69) is 9.88 Å². The van der Waals surface area contributed by atoms with Gasteiger partial charge in [-0.3, -0.25) is 14.6 Å². The van der Waals surface area contributed by atoms with Crippen LogP contribution < -0.4 is 9.64 Å². The van der Waals surface area contributed by atoms with E-state index >= 15 is 0 Å². The number of hydrogen-bond donors (Lipinski definition) is 0. The Balaban J connectivity index is 1.60. The van der Waals surface area contributed by atoms with Gasteiger partial charge in [0.25, 0.3) is 0 Å². The van der Waals surface area contributed by atoms with E-state index in [0.29, 0.717) is 36.2 Å². The molecule has 0 N–H and O–H groups in total. The molecule has 1 amide bonds. The number of morpholine rings is 1. The summed E-state index contributed by atoms with van der Waals surface area (Å²) in [4.78, 5) is 21.3. The van der Waals surface area contributed by atoms with Gasteiger partial charge in [0.15, 0.2) is 15.0 Å². The molecule has 33 heavy (non-hydrogen) atoms. The number of hydrogen-bond acceptors (Lipinski definition) is 8. The second kappa shape index (κ2) is 10.1. The quantitative estimate of drug-likeness (QED) is 0.446. The van der Waals surface area contributed by atoms with E-state index in [0.717, 1.165) is 29.9 Å². The summed E-state index contributed by atoms with van der Waals surface area (Å²) < 4.78 is 50.3. The smallest absolute Gasteiger partial charge is 0.244 e. The Kier molecular flexibility index (Phi) is 7.23. The van der Waals surface area contributed by atoms with Gasteiger partial charge in [-0.05, 0) is 36.4 Å². The first-order chi connectivity index (χ1) is 15.9. The second-order valence-electron chi connectivity index (χ2n) is 7.54. The summed E-state index contributed by atoms with van der Waals surface area (Å²) in [6.07, 6.45) is 0. The number of anilines is 1. The molecule has 0 radical (unpaired) electrons. The molecule has 0 unspecified atom stereocenters. The van der Waals surface area contributed by atoms with Crippen LogP contribution in [0.1, 0.15) is 0 Å². The number of rotatable bonds is 8. The molecule has 8 nitrogen and oxygen atoms in total. The van der Waals surface area contributed by atoms with Crippen LogP contribution in [0.4, 0.5) is 9.52 Å². The number of halogens is 1. The molecule has 1 aromatic heterocycles. The van der Waals surface area contributed by atoms with Gasteiger partial charge in [-0.25, -0.2) is 17.8 Å².